The number of carbonyl (C=O) groups excluding carboxylic acids is 1. The number of aliphatic hydroxyl groups is 1. The fraction of sp³-hybridized carbons (Fsp3) is 0.267. The Balaban J connectivity index is 1.84. The summed E-state index contributed by atoms with van der Waals surface area (Å²) in [5.41, 5.74) is -0.741. The van der Waals surface area contributed by atoms with Gasteiger partial charge in [-0.3, -0.25) is 0 Å². The van der Waals surface area contributed by atoms with Crippen molar-refractivity contribution in [3.8, 4) is 0 Å². The van der Waals surface area contributed by atoms with Crippen LogP contribution in [0.5, 0.6) is 0 Å². The molecular weight excluding hydrogens is 329 g/mol. The normalized spacial score (nSPS) is 12.7. The minimum absolute atomic E-state index is 0.0957. The van der Waals surface area contributed by atoms with Gasteiger partial charge in [0.05, 0.1) is 18.2 Å². The van der Waals surface area contributed by atoms with E-state index in [-0.39, 0.29) is 12.1 Å². The number of halogens is 3. The highest BCUT2D eigenvalue weighted by atomic mass is 32.1. The zero-order valence-electron chi connectivity index (χ0n) is 11.9. The van der Waals surface area contributed by atoms with Gasteiger partial charge in [-0.25, -0.2) is 4.79 Å². The lowest BCUT2D eigenvalue weighted by atomic mass is 10.1. The summed E-state index contributed by atoms with van der Waals surface area (Å²) >= 11 is 1.49. The zero-order chi connectivity index (χ0) is 16.9. The Labute approximate surface area is 135 Å². The van der Waals surface area contributed by atoms with E-state index in [1.165, 1.54) is 23.5 Å². The Morgan fingerprint density at radius 2 is 2.00 bits per heavy atom. The Bertz CT molecular complexity index is 644. The van der Waals surface area contributed by atoms with Gasteiger partial charge >= 0.3 is 12.2 Å². The number of urea groups is 1. The second-order valence-electron chi connectivity index (χ2n) is 4.78. The van der Waals surface area contributed by atoms with Gasteiger partial charge in [-0.2, -0.15) is 13.2 Å². The molecule has 3 N–H and O–H groups in total. The number of thiophene rings is 1. The molecule has 1 heterocycles. The first-order chi connectivity index (χ1) is 10.9. The summed E-state index contributed by atoms with van der Waals surface area (Å²) in [5, 5.41) is 16.8. The predicted octanol–water partition coefficient (Wildman–Crippen LogP) is 3.30. The van der Waals surface area contributed by atoms with Gasteiger partial charge in [0.1, 0.15) is 0 Å². The van der Waals surface area contributed by atoms with Crippen molar-refractivity contribution in [1.29, 1.82) is 0 Å². The Morgan fingerprint density at radius 3 is 2.65 bits per heavy atom. The van der Waals surface area contributed by atoms with Gasteiger partial charge < -0.3 is 15.7 Å². The van der Waals surface area contributed by atoms with E-state index in [4.69, 9.17) is 0 Å². The maximum absolute atomic E-state index is 12.6. The SMILES string of the molecule is O=C(NCc1cccs1)NC[C@H](O)c1cccc(C(F)(F)F)c1. The van der Waals surface area contributed by atoms with Gasteiger partial charge in [-0.05, 0) is 29.1 Å². The summed E-state index contributed by atoms with van der Waals surface area (Å²) in [4.78, 5) is 12.6. The van der Waals surface area contributed by atoms with Crippen LogP contribution >= 0.6 is 11.3 Å². The lowest BCUT2D eigenvalue weighted by molar-refractivity contribution is -0.137. The summed E-state index contributed by atoms with van der Waals surface area (Å²) in [7, 11) is 0. The standard InChI is InChI=1S/C15H15F3N2O2S/c16-15(17,18)11-4-1-3-10(7-11)13(21)9-20-14(22)19-8-12-5-2-6-23-12/h1-7,13,21H,8-9H2,(H2,19,20,22)/t13-/m0/s1. The van der Waals surface area contributed by atoms with Crippen molar-refractivity contribution in [1.82, 2.24) is 10.6 Å². The highest BCUT2D eigenvalue weighted by molar-refractivity contribution is 7.09. The van der Waals surface area contributed by atoms with Gasteiger partial charge in [-0.15, -0.1) is 11.3 Å². The number of aliphatic hydroxyl groups excluding tert-OH is 1. The van der Waals surface area contributed by atoms with Crippen molar-refractivity contribution in [3.63, 3.8) is 0 Å². The second kappa shape index (κ2) is 7.47. The molecule has 0 radical (unpaired) electrons. The summed E-state index contributed by atoms with van der Waals surface area (Å²) in [6.45, 7) is 0.167. The van der Waals surface area contributed by atoms with Crippen LogP contribution in [-0.2, 0) is 12.7 Å². The zero-order valence-corrected chi connectivity index (χ0v) is 12.7. The quantitative estimate of drug-likeness (QED) is 0.779. The van der Waals surface area contributed by atoms with E-state index in [1.807, 2.05) is 17.5 Å². The monoisotopic (exact) mass is 344 g/mol. The van der Waals surface area contributed by atoms with Crippen LogP contribution in [-0.4, -0.2) is 17.7 Å². The van der Waals surface area contributed by atoms with Crippen LogP contribution in [0.2, 0.25) is 0 Å². The number of rotatable bonds is 5. The lowest BCUT2D eigenvalue weighted by Gasteiger charge is -2.14. The minimum atomic E-state index is -4.47. The third-order valence-electron chi connectivity index (χ3n) is 3.06. The van der Waals surface area contributed by atoms with E-state index in [2.05, 4.69) is 10.6 Å². The van der Waals surface area contributed by atoms with Crippen LogP contribution in [0, 0.1) is 0 Å². The van der Waals surface area contributed by atoms with Crippen LogP contribution in [0.25, 0.3) is 0 Å². The number of hydrogen-bond donors (Lipinski definition) is 3. The average molecular weight is 344 g/mol. The van der Waals surface area contributed by atoms with E-state index in [1.54, 1.807) is 0 Å². The fourth-order valence-corrected chi connectivity index (χ4v) is 2.52. The molecule has 1 aromatic carbocycles. The van der Waals surface area contributed by atoms with E-state index >= 15 is 0 Å². The molecule has 1 atom stereocenters. The molecule has 4 nitrogen and oxygen atoms in total. The van der Waals surface area contributed by atoms with E-state index in [0.29, 0.717) is 6.54 Å². The number of nitrogens with one attached hydrogen (secondary N) is 2. The van der Waals surface area contributed by atoms with Gasteiger partial charge in [-0.1, -0.05) is 18.2 Å². The summed E-state index contributed by atoms with van der Waals surface area (Å²) < 4.78 is 37.9. The Hall–Kier alpha value is -2.06. The van der Waals surface area contributed by atoms with Crippen molar-refractivity contribution in [3.05, 3.63) is 57.8 Å². The first kappa shape index (κ1) is 17.3. The predicted molar refractivity (Wildman–Crippen MR) is 81.0 cm³/mol. The molecule has 0 saturated carbocycles. The highest BCUT2D eigenvalue weighted by Gasteiger charge is 2.30. The molecule has 8 heteroatoms. The molecule has 0 unspecified atom stereocenters. The molecule has 0 aliphatic carbocycles. The maximum atomic E-state index is 12.6. The smallest absolute Gasteiger partial charge is 0.387 e. The van der Waals surface area contributed by atoms with Gasteiger partial charge in [0.2, 0.25) is 0 Å². The molecule has 2 amide bonds. The molecule has 0 spiro atoms. The van der Waals surface area contributed by atoms with Crippen molar-refractivity contribution in [2.24, 2.45) is 0 Å². The number of amides is 2. The maximum Gasteiger partial charge on any atom is 0.416 e. The summed E-state index contributed by atoms with van der Waals surface area (Å²) in [6.07, 6.45) is -5.69. The van der Waals surface area contributed by atoms with Crippen LogP contribution in [0.4, 0.5) is 18.0 Å². The Kier molecular flexibility index (Phi) is 5.62. The molecule has 0 aliphatic heterocycles. The third kappa shape index (κ3) is 5.26. The average Bonchev–Trinajstić information content (AvgIpc) is 3.03. The van der Waals surface area contributed by atoms with E-state index in [0.717, 1.165) is 17.0 Å². The molecule has 0 aliphatic rings. The number of benzene rings is 1. The Morgan fingerprint density at radius 1 is 1.22 bits per heavy atom. The molecule has 124 valence electrons. The summed E-state index contributed by atoms with van der Waals surface area (Å²) in [6, 6.07) is 7.63. The molecule has 0 fully saturated rings. The van der Waals surface area contributed by atoms with Gasteiger partial charge in [0.25, 0.3) is 0 Å². The van der Waals surface area contributed by atoms with Crippen molar-refractivity contribution in [2.45, 2.75) is 18.8 Å². The van der Waals surface area contributed by atoms with Crippen molar-refractivity contribution in [2.75, 3.05) is 6.54 Å². The van der Waals surface area contributed by atoms with Crippen LogP contribution < -0.4 is 10.6 Å². The van der Waals surface area contributed by atoms with Crippen molar-refractivity contribution >= 4 is 17.4 Å². The summed E-state index contributed by atoms with van der Waals surface area (Å²) in [5.74, 6) is 0. The van der Waals surface area contributed by atoms with Gasteiger partial charge in [0.15, 0.2) is 0 Å². The molecule has 0 bridgehead atoms. The highest BCUT2D eigenvalue weighted by Crippen LogP contribution is 2.30. The first-order valence-electron chi connectivity index (χ1n) is 6.75. The minimum Gasteiger partial charge on any atom is -0.387 e. The molecule has 23 heavy (non-hydrogen) atoms. The van der Waals surface area contributed by atoms with Gasteiger partial charge in [0, 0.05) is 11.4 Å². The largest absolute Gasteiger partial charge is 0.416 e. The molecule has 1 aromatic heterocycles. The number of carbonyl (C=O) groups is 1. The van der Waals surface area contributed by atoms with E-state index < -0.39 is 23.9 Å². The van der Waals surface area contributed by atoms with Crippen LogP contribution in [0.1, 0.15) is 22.1 Å². The topological polar surface area (TPSA) is 61.4 Å². The number of hydrogen-bond acceptors (Lipinski definition) is 3. The van der Waals surface area contributed by atoms with Crippen molar-refractivity contribution < 1.29 is 23.1 Å². The van der Waals surface area contributed by atoms with E-state index in [9.17, 15) is 23.1 Å². The molecule has 2 rings (SSSR count). The lowest BCUT2D eigenvalue weighted by Crippen LogP contribution is -2.37. The van der Waals surface area contributed by atoms with Crippen LogP contribution in [0.15, 0.2) is 41.8 Å². The molecular formula is C15H15F3N2O2S. The number of alkyl halides is 3. The second-order valence-corrected chi connectivity index (χ2v) is 5.81. The fourth-order valence-electron chi connectivity index (χ4n) is 1.87. The molecule has 0 saturated heterocycles. The first-order valence-corrected chi connectivity index (χ1v) is 7.63. The van der Waals surface area contributed by atoms with Crippen LogP contribution in [0.3, 0.4) is 0 Å². The third-order valence-corrected chi connectivity index (χ3v) is 3.93. The molecule has 2 aromatic rings.